The second-order valence-corrected chi connectivity index (χ2v) is 6.06. The fourth-order valence-corrected chi connectivity index (χ4v) is 1.91. The molecule has 5 heteroatoms. The topological polar surface area (TPSA) is 54.6 Å². The molecular formula is C16H30N4O. The van der Waals surface area contributed by atoms with Crippen molar-refractivity contribution >= 4 is 11.5 Å². The van der Waals surface area contributed by atoms with Crippen LogP contribution in [-0.4, -0.2) is 50.2 Å². The number of nitrogens with zero attached hydrogens (tertiary/aromatic N) is 3. The van der Waals surface area contributed by atoms with Gasteiger partial charge in [-0.3, -0.25) is 0 Å². The lowest BCUT2D eigenvalue weighted by molar-refractivity contribution is 0.263. The van der Waals surface area contributed by atoms with E-state index >= 15 is 0 Å². The molecule has 2 N–H and O–H groups in total. The summed E-state index contributed by atoms with van der Waals surface area (Å²) in [7, 11) is 4.16. The van der Waals surface area contributed by atoms with Crippen molar-refractivity contribution < 1.29 is 4.74 Å². The Morgan fingerprint density at radius 1 is 1.19 bits per heavy atom. The molecule has 0 fully saturated rings. The Morgan fingerprint density at radius 3 is 2.48 bits per heavy atom. The molecule has 1 aromatic heterocycles. The molecule has 0 aliphatic carbocycles. The van der Waals surface area contributed by atoms with Crippen molar-refractivity contribution in [3.05, 3.63) is 12.1 Å². The van der Waals surface area contributed by atoms with Crippen LogP contribution in [-0.2, 0) is 0 Å². The van der Waals surface area contributed by atoms with Gasteiger partial charge < -0.3 is 20.3 Å². The number of ether oxygens (including phenoxy) is 1. The van der Waals surface area contributed by atoms with Gasteiger partial charge in [0.1, 0.15) is 5.82 Å². The van der Waals surface area contributed by atoms with Crippen LogP contribution in [0.2, 0.25) is 0 Å². The number of anilines is 2. The number of hydrogen-bond donors (Lipinski definition) is 1. The summed E-state index contributed by atoms with van der Waals surface area (Å²) >= 11 is 0. The van der Waals surface area contributed by atoms with Crippen LogP contribution in [0.4, 0.5) is 11.5 Å². The maximum Gasteiger partial charge on any atom is 0.239 e. The van der Waals surface area contributed by atoms with Crippen molar-refractivity contribution in [3.63, 3.8) is 0 Å². The van der Waals surface area contributed by atoms with E-state index in [-0.39, 0.29) is 0 Å². The van der Waals surface area contributed by atoms with Crippen molar-refractivity contribution in [3.8, 4) is 5.88 Å². The lowest BCUT2D eigenvalue weighted by atomic mass is 10.2. The molecule has 21 heavy (non-hydrogen) atoms. The standard InChI is InChI=1S/C16H30N4O/c1-6-9-20(11-10-19(4)5)15-8-7-14(17)16(18-15)21-12-13(2)3/h7-8,13H,6,9-12,17H2,1-5H3. The van der Waals surface area contributed by atoms with Gasteiger partial charge in [0, 0.05) is 19.6 Å². The zero-order chi connectivity index (χ0) is 15.8. The van der Waals surface area contributed by atoms with E-state index in [9.17, 15) is 0 Å². The SMILES string of the molecule is CCCN(CCN(C)C)c1ccc(N)c(OCC(C)C)n1. The first kappa shape index (κ1) is 17.6. The molecule has 0 atom stereocenters. The van der Waals surface area contributed by atoms with E-state index in [0.29, 0.717) is 24.1 Å². The molecule has 0 radical (unpaired) electrons. The lowest BCUT2D eigenvalue weighted by Crippen LogP contribution is -2.33. The van der Waals surface area contributed by atoms with Gasteiger partial charge in [-0.1, -0.05) is 20.8 Å². The minimum atomic E-state index is 0.454. The van der Waals surface area contributed by atoms with Crippen LogP contribution in [0.5, 0.6) is 5.88 Å². The molecule has 0 amide bonds. The number of likely N-dealkylation sites (N-methyl/N-ethyl adjacent to an activating group) is 1. The highest BCUT2D eigenvalue weighted by atomic mass is 16.5. The molecule has 1 heterocycles. The first-order valence-electron chi connectivity index (χ1n) is 7.73. The molecule has 0 saturated carbocycles. The van der Waals surface area contributed by atoms with Crippen LogP contribution in [0.15, 0.2) is 12.1 Å². The third-order valence-electron chi connectivity index (χ3n) is 3.06. The van der Waals surface area contributed by atoms with Gasteiger partial charge in [0.15, 0.2) is 0 Å². The first-order valence-corrected chi connectivity index (χ1v) is 7.73. The van der Waals surface area contributed by atoms with Crippen LogP contribution in [0.3, 0.4) is 0 Å². The molecule has 1 aromatic rings. The Bertz CT molecular complexity index is 421. The molecule has 0 saturated heterocycles. The number of rotatable bonds is 9. The molecule has 5 nitrogen and oxygen atoms in total. The minimum Gasteiger partial charge on any atom is -0.476 e. The minimum absolute atomic E-state index is 0.454. The Hall–Kier alpha value is -1.49. The Kier molecular flexibility index (Phi) is 7.29. The molecule has 0 unspecified atom stereocenters. The maximum atomic E-state index is 5.96. The average molecular weight is 294 g/mol. The van der Waals surface area contributed by atoms with Crippen molar-refractivity contribution in [2.24, 2.45) is 5.92 Å². The summed E-state index contributed by atoms with van der Waals surface area (Å²) in [6.45, 7) is 9.95. The van der Waals surface area contributed by atoms with Crippen LogP contribution in [0, 0.1) is 5.92 Å². The van der Waals surface area contributed by atoms with E-state index in [0.717, 1.165) is 31.9 Å². The van der Waals surface area contributed by atoms with Crippen molar-refractivity contribution in [2.75, 3.05) is 51.0 Å². The molecule has 0 aliphatic rings. The van der Waals surface area contributed by atoms with Gasteiger partial charge in [-0.05, 0) is 38.6 Å². The van der Waals surface area contributed by atoms with Crippen LogP contribution in [0.25, 0.3) is 0 Å². The first-order chi connectivity index (χ1) is 9.93. The molecule has 0 spiro atoms. The summed E-state index contributed by atoms with van der Waals surface area (Å²) in [4.78, 5) is 9.06. The smallest absolute Gasteiger partial charge is 0.239 e. The van der Waals surface area contributed by atoms with Crippen molar-refractivity contribution in [1.82, 2.24) is 9.88 Å². The van der Waals surface area contributed by atoms with Gasteiger partial charge in [-0.15, -0.1) is 0 Å². The number of nitrogens with two attached hydrogens (primary N) is 1. The van der Waals surface area contributed by atoms with Crippen LogP contribution in [0.1, 0.15) is 27.2 Å². The monoisotopic (exact) mass is 294 g/mol. The number of aromatic nitrogens is 1. The largest absolute Gasteiger partial charge is 0.476 e. The van der Waals surface area contributed by atoms with Gasteiger partial charge in [-0.25, -0.2) is 0 Å². The molecule has 0 bridgehead atoms. The summed E-state index contributed by atoms with van der Waals surface area (Å²) in [6.07, 6.45) is 1.08. The lowest BCUT2D eigenvalue weighted by Gasteiger charge is -2.25. The highest BCUT2D eigenvalue weighted by molar-refractivity contribution is 5.54. The Labute approximate surface area is 129 Å². The van der Waals surface area contributed by atoms with Gasteiger partial charge in [0.2, 0.25) is 5.88 Å². The highest BCUT2D eigenvalue weighted by Crippen LogP contribution is 2.23. The summed E-state index contributed by atoms with van der Waals surface area (Å²) in [5, 5.41) is 0. The zero-order valence-corrected chi connectivity index (χ0v) is 14.1. The van der Waals surface area contributed by atoms with Gasteiger partial charge in [0.05, 0.1) is 12.3 Å². The van der Waals surface area contributed by atoms with Crippen LogP contribution >= 0.6 is 0 Å². The van der Waals surface area contributed by atoms with E-state index in [1.807, 2.05) is 12.1 Å². The molecular weight excluding hydrogens is 264 g/mol. The molecule has 0 aliphatic heterocycles. The molecule has 0 aromatic carbocycles. The second kappa shape index (κ2) is 8.72. The second-order valence-electron chi connectivity index (χ2n) is 6.06. The number of nitrogen functional groups attached to an aromatic ring is 1. The summed E-state index contributed by atoms with van der Waals surface area (Å²) in [6, 6.07) is 3.86. The summed E-state index contributed by atoms with van der Waals surface area (Å²) in [5.41, 5.74) is 6.56. The number of pyridine rings is 1. The molecule has 1 rings (SSSR count). The van der Waals surface area contributed by atoms with Crippen LogP contribution < -0.4 is 15.4 Å². The summed E-state index contributed by atoms with van der Waals surface area (Å²) in [5.74, 6) is 1.94. The van der Waals surface area contributed by atoms with E-state index in [4.69, 9.17) is 10.5 Å². The van der Waals surface area contributed by atoms with E-state index in [2.05, 4.69) is 49.7 Å². The van der Waals surface area contributed by atoms with E-state index < -0.39 is 0 Å². The third kappa shape index (κ3) is 6.21. The highest BCUT2D eigenvalue weighted by Gasteiger charge is 2.11. The fourth-order valence-electron chi connectivity index (χ4n) is 1.91. The number of hydrogen-bond acceptors (Lipinski definition) is 5. The van der Waals surface area contributed by atoms with Gasteiger partial charge in [0.25, 0.3) is 0 Å². The summed E-state index contributed by atoms with van der Waals surface area (Å²) < 4.78 is 5.72. The van der Waals surface area contributed by atoms with E-state index in [1.165, 1.54) is 0 Å². The van der Waals surface area contributed by atoms with Gasteiger partial charge in [-0.2, -0.15) is 4.98 Å². The normalized spacial score (nSPS) is 11.2. The van der Waals surface area contributed by atoms with Crippen molar-refractivity contribution in [1.29, 1.82) is 0 Å². The predicted octanol–water partition coefficient (Wildman–Crippen LogP) is 2.48. The third-order valence-corrected chi connectivity index (χ3v) is 3.06. The Balaban J connectivity index is 2.84. The molecule has 120 valence electrons. The quantitative estimate of drug-likeness (QED) is 0.758. The fraction of sp³-hybridized carbons (Fsp3) is 0.688. The predicted molar refractivity (Wildman–Crippen MR) is 90.0 cm³/mol. The maximum absolute atomic E-state index is 5.96. The average Bonchev–Trinajstić information content (AvgIpc) is 2.42. The van der Waals surface area contributed by atoms with Gasteiger partial charge >= 0.3 is 0 Å². The van der Waals surface area contributed by atoms with E-state index in [1.54, 1.807) is 0 Å². The zero-order valence-electron chi connectivity index (χ0n) is 14.1. The Morgan fingerprint density at radius 2 is 1.90 bits per heavy atom. The van der Waals surface area contributed by atoms with Crippen molar-refractivity contribution in [2.45, 2.75) is 27.2 Å².